The second kappa shape index (κ2) is 9.77. The Bertz CT molecular complexity index is 896. The summed E-state index contributed by atoms with van der Waals surface area (Å²) in [6.45, 7) is -0.789. The Morgan fingerprint density at radius 1 is 1.00 bits per heavy atom. The van der Waals surface area contributed by atoms with Gasteiger partial charge in [-0.05, 0) is 35.9 Å². The van der Waals surface area contributed by atoms with Crippen molar-refractivity contribution in [2.24, 2.45) is 11.8 Å². The number of carbonyl (C=O) groups is 1. The molecule has 2 aliphatic heterocycles. The summed E-state index contributed by atoms with van der Waals surface area (Å²) < 4.78 is 22.0. The van der Waals surface area contributed by atoms with E-state index in [-0.39, 0.29) is 17.9 Å². The minimum Gasteiger partial charge on any atom is -0.508 e. The average Bonchev–Trinajstić information content (AvgIpc) is 3.14. The van der Waals surface area contributed by atoms with Gasteiger partial charge < -0.3 is 49.6 Å². The molecule has 1 aromatic carbocycles. The molecule has 33 heavy (non-hydrogen) atoms. The SMILES string of the molecule is O=C(OCC1=C[C@H](O)[C@H]2C=CO[C@@H](O[C@@H]3O[C@H](CO)[C@@H](O)[C@H](O)[C@@H]3O)[C@@H]12)c1ccc(O)cc1. The van der Waals surface area contributed by atoms with Crippen molar-refractivity contribution in [2.75, 3.05) is 13.2 Å². The Balaban J connectivity index is 1.45. The van der Waals surface area contributed by atoms with E-state index in [9.17, 15) is 35.4 Å². The van der Waals surface area contributed by atoms with Gasteiger partial charge in [0.25, 0.3) is 0 Å². The van der Waals surface area contributed by atoms with E-state index in [1.54, 1.807) is 6.08 Å². The molecule has 0 radical (unpaired) electrons. The first kappa shape index (κ1) is 23.6. The minimum atomic E-state index is -1.62. The van der Waals surface area contributed by atoms with Crippen molar-refractivity contribution < 1.29 is 54.4 Å². The fourth-order valence-electron chi connectivity index (χ4n) is 4.19. The second-order valence-corrected chi connectivity index (χ2v) is 8.12. The zero-order chi connectivity index (χ0) is 23.7. The fourth-order valence-corrected chi connectivity index (χ4v) is 4.19. The van der Waals surface area contributed by atoms with Gasteiger partial charge >= 0.3 is 5.97 Å². The molecule has 3 aliphatic rings. The molecule has 6 N–H and O–H groups in total. The molecule has 1 aromatic rings. The molecule has 1 fully saturated rings. The maximum Gasteiger partial charge on any atom is 0.338 e. The number of rotatable bonds is 6. The van der Waals surface area contributed by atoms with Crippen LogP contribution in [0.2, 0.25) is 0 Å². The number of phenols is 1. The molecule has 9 atom stereocenters. The van der Waals surface area contributed by atoms with Gasteiger partial charge in [0.1, 0.15) is 36.8 Å². The van der Waals surface area contributed by atoms with Crippen LogP contribution in [-0.4, -0.2) is 92.9 Å². The van der Waals surface area contributed by atoms with Crippen LogP contribution in [0.3, 0.4) is 0 Å². The summed E-state index contributed by atoms with van der Waals surface area (Å²) in [5, 5.41) is 59.4. The van der Waals surface area contributed by atoms with Gasteiger partial charge in [-0.25, -0.2) is 4.79 Å². The monoisotopic (exact) mass is 466 g/mol. The van der Waals surface area contributed by atoms with Gasteiger partial charge in [0.2, 0.25) is 6.29 Å². The van der Waals surface area contributed by atoms with Crippen molar-refractivity contribution in [1.82, 2.24) is 0 Å². The highest BCUT2D eigenvalue weighted by molar-refractivity contribution is 5.89. The van der Waals surface area contributed by atoms with Crippen molar-refractivity contribution in [3.8, 4) is 5.75 Å². The van der Waals surface area contributed by atoms with Gasteiger partial charge in [-0.1, -0.05) is 6.08 Å². The Hall–Kier alpha value is -2.51. The summed E-state index contributed by atoms with van der Waals surface area (Å²) in [5.74, 6) is -1.69. The number of ether oxygens (including phenoxy) is 4. The number of hydrogen-bond acceptors (Lipinski definition) is 11. The highest BCUT2D eigenvalue weighted by Crippen LogP contribution is 2.41. The molecule has 180 valence electrons. The number of hydrogen-bond donors (Lipinski definition) is 6. The van der Waals surface area contributed by atoms with Crippen LogP contribution in [-0.2, 0) is 18.9 Å². The maximum atomic E-state index is 12.3. The zero-order valence-electron chi connectivity index (χ0n) is 17.4. The Labute approximate surface area is 188 Å². The number of phenolic OH excluding ortho intramolecular Hbond substituents is 1. The van der Waals surface area contributed by atoms with Crippen LogP contribution in [0.4, 0.5) is 0 Å². The smallest absolute Gasteiger partial charge is 0.338 e. The van der Waals surface area contributed by atoms with E-state index in [0.29, 0.717) is 5.57 Å². The lowest BCUT2D eigenvalue weighted by Crippen LogP contribution is -2.60. The first-order chi connectivity index (χ1) is 15.8. The quantitative estimate of drug-likeness (QED) is 0.219. The number of benzene rings is 1. The Morgan fingerprint density at radius 2 is 1.73 bits per heavy atom. The largest absolute Gasteiger partial charge is 0.508 e. The van der Waals surface area contributed by atoms with Gasteiger partial charge in [-0.3, -0.25) is 0 Å². The summed E-state index contributed by atoms with van der Waals surface area (Å²) in [6, 6.07) is 5.54. The van der Waals surface area contributed by atoms with E-state index in [1.165, 1.54) is 36.6 Å². The fraction of sp³-hybridized carbons (Fsp3) is 0.500. The van der Waals surface area contributed by atoms with E-state index in [0.717, 1.165) is 0 Å². The second-order valence-electron chi connectivity index (χ2n) is 8.12. The van der Waals surface area contributed by atoms with Crippen LogP contribution >= 0.6 is 0 Å². The summed E-state index contributed by atoms with van der Waals surface area (Å²) in [4.78, 5) is 12.3. The number of esters is 1. The van der Waals surface area contributed by atoms with E-state index >= 15 is 0 Å². The highest BCUT2D eigenvalue weighted by Gasteiger charge is 2.49. The molecule has 11 heteroatoms. The predicted molar refractivity (Wildman–Crippen MR) is 108 cm³/mol. The molecular weight excluding hydrogens is 440 g/mol. The normalized spacial score (nSPS) is 37.7. The number of carbonyl (C=O) groups excluding carboxylic acids is 1. The molecule has 0 unspecified atom stereocenters. The molecule has 4 rings (SSSR count). The van der Waals surface area contributed by atoms with E-state index in [1.807, 2.05) is 0 Å². The number of aromatic hydroxyl groups is 1. The zero-order valence-corrected chi connectivity index (χ0v) is 17.4. The molecule has 2 heterocycles. The third-order valence-corrected chi connectivity index (χ3v) is 6.02. The van der Waals surface area contributed by atoms with E-state index < -0.39 is 67.5 Å². The molecule has 1 saturated heterocycles. The molecule has 0 amide bonds. The van der Waals surface area contributed by atoms with Crippen molar-refractivity contribution >= 4 is 5.97 Å². The highest BCUT2D eigenvalue weighted by atomic mass is 16.8. The lowest BCUT2D eigenvalue weighted by molar-refractivity contribution is -0.339. The van der Waals surface area contributed by atoms with Gasteiger partial charge in [0.05, 0.1) is 30.5 Å². The van der Waals surface area contributed by atoms with Gasteiger partial charge in [-0.2, -0.15) is 0 Å². The Morgan fingerprint density at radius 3 is 2.42 bits per heavy atom. The van der Waals surface area contributed by atoms with Crippen LogP contribution in [0.5, 0.6) is 5.75 Å². The van der Waals surface area contributed by atoms with Crippen LogP contribution in [0.1, 0.15) is 10.4 Å². The first-order valence-corrected chi connectivity index (χ1v) is 10.4. The van der Waals surface area contributed by atoms with Crippen LogP contribution in [0, 0.1) is 11.8 Å². The third kappa shape index (κ3) is 4.75. The van der Waals surface area contributed by atoms with Crippen molar-refractivity contribution in [2.45, 2.75) is 43.1 Å². The minimum absolute atomic E-state index is 0.00957. The number of aliphatic hydroxyl groups is 5. The van der Waals surface area contributed by atoms with Gasteiger partial charge in [-0.15, -0.1) is 0 Å². The van der Waals surface area contributed by atoms with Crippen LogP contribution in [0.25, 0.3) is 0 Å². The molecule has 1 aliphatic carbocycles. The Kier molecular flexibility index (Phi) is 7.00. The summed E-state index contributed by atoms with van der Waals surface area (Å²) >= 11 is 0. The molecule has 0 saturated carbocycles. The summed E-state index contributed by atoms with van der Waals surface area (Å²) in [6.07, 6.45) is -4.86. The summed E-state index contributed by atoms with van der Waals surface area (Å²) in [7, 11) is 0. The van der Waals surface area contributed by atoms with E-state index in [4.69, 9.17) is 18.9 Å². The maximum absolute atomic E-state index is 12.3. The van der Waals surface area contributed by atoms with Gasteiger partial charge in [0, 0.05) is 5.92 Å². The molecule has 0 spiro atoms. The number of fused-ring (bicyclic) bond motifs is 1. The molecule has 11 nitrogen and oxygen atoms in total. The standard InChI is InChI=1S/C22H26O11/c23-8-15-17(26)18(27)19(28)22(32-15)33-21-16-11(7-14(25)13(16)5-6-30-21)9-31-20(29)10-1-3-12(24)4-2-10/h1-7,13-19,21-28H,8-9H2/t13-,14+,15-,16+,17-,18+,19+,21+,22+/m1/s1. The van der Waals surface area contributed by atoms with Crippen molar-refractivity contribution in [3.05, 3.63) is 53.8 Å². The van der Waals surface area contributed by atoms with Crippen molar-refractivity contribution in [3.63, 3.8) is 0 Å². The topological polar surface area (TPSA) is 175 Å². The predicted octanol–water partition coefficient (Wildman–Crippen LogP) is -1.23. The first-order valence-electron chi connectivity index (χ1n) is 10.4. The molecule has 0 bridgehead atoms. The summed E-state index contributed by atoms with van der Waals surface area (Å²) in [5.41, 5.74) is 0.746. The molecular formula is C22H26O11. The molecule has 0 aromatic heterocycles. The lowest BCUT2D eigenvalue weighted by atomic mass is 9.88. The van der Waals surface area contributed by atoms with Crippen LogP contribution < -0.4 is 0 Å². The van der Waals surface area contributed by atoms with Crippen molar-refractivity contribution in [1.29, 1.82) is 0 Å². The van der Waals surface area contributed by atoms with Crippen LogP contribution in [0.15, 0.2) is 48.3 Å². The van der Waals surface area contributed by atoms with Gasteiger partial charge in [0.15, 0.2) is 6.29 Å². The van der Waals surface area contributed by atoms with E-state index in [2.05, 4.69) is 0 Å². The number of aliphatic hydroxyl groups excluding tert-OH is 5. The third-order valence-electron chi connectivity index (χ3n) is 6.02. The average molecular weight is 466 g/mol. The lowest BCUT2D eigenvalue weighted by Gasteiger charge is -2.42.